The van der Waals surface area contributed by atoms with Crippen LogP contribution in [0.2, 0.25) is 0 Å². The van der Waals surface area contributed by atoms with Crippen molar-refractivity contribution in [2.75, 3.05) is 10.4 Å². The Labute approximate surface area is 180 Å². The number of carboxylic acids is 1. The second kappa shape index (κ2) is 10.4. The summed E-state index contributed by atoms with van der Waals surface area (Å²) >= 11 is 0. The summed E-state index contributed by atoms with van der Waals surface area (Å²) in [7, 11) is 0. The lowest BCUT2D eigenvalue weighted by atomic mass is 10.2. The largest absolute Gasteiger partial charge is 0.508 e. The van der Waals surface area contributed by atoms with Gasteiger partial charge in [0.25, 0.3) is 0 Å². The molecule has 0 aliphatic rings. The molecule has 0 aliphatic heterocycles. The lowest BCUT2D eigenvalue weighted by Crippen LogP contribution is -2.24. The zero-order chi connectivity index (χ0) is 22.1. The molecule has 6 nitrogen and oxygen atoms in total. The second-order valence-corrected chi connectivity index (χ2v) is 6.49. The number of phenols is 2. The molecule has 0 heterocycles. The van der Waals surface area contributed by atoms with Gasteiger partial charge in [0.05, 0.1) is 17.1 Å². The van der Waals surface area contributed by atoms with Crippen LogP contribution in [0.5, 0.6) is 11.5 Å². The number of nitrogens with zero attached hydrogens (tertiary/aromatic N) is 1. The van der Waals surface area contributed by atoms with Gasteiger partial charge in [-0.3, -0.25) is 10.4 Å². The standard InChI is InChI=1S/C18H16N2O.C7H6O3/c21-18-13-11-15(12-14-18)19-20(16-7-3-1-4-8-16)17-9-5-2-6-10-17;8-6-4-2-1-3-5(6)7(9)10/h1-14,19,21H;1-4,8H,(H,9,10). The first kappa shape index (κ1) is 21.3. The molecule has 6 heteroatoms. The molecule has 0 amide bonds. The Hall–Kier alpha value is -4.45. The van der Waals surface area contributed by atoms with E-state index < -0.39 is 5.97 Å². The van der Waals surface area contributed by atoms with E-state index >= 15 is 0 Å². The van der Waals surface area contributed by atoms with Crippen LogP contribution in [0.1, 0.15) is 10.4 Å². The Morgan fingerprint density at radius 3 is 1.58 bits per heavy atom. The van der Waals surface area contributed by atoms with Crippen LogP contribution in [0.15, 0.2) is 109 Å². The minimum absolute atomic E-state index is 0.0671. The molecule has 4 rings (SSSR count). The van der Waals surface area contributed by atoms with Crippen LogP contribution in [0.4, 0.5) is 17.1 Å². The molecule has 0 spiro atoms. The summed E-state index contributed by atoms with van der Waals surface area (Å²) in [4.78, 5) is 10.3. The van der Waals surface area contributed by atoms with Gasteiger partial charge in [0.1, 0.15) is 17.1 Å². The summed E-state index contributed by atoms with van der Waals surface area (Å²) in [5.41, 5.74) is 6.27. The summed E-state index contributed by atoms with van der Waals surface area (Å²) in [5, 5.41) is 28.7. The van der Waals surface area contributed by atoms with E-state index in [1.165, 1.54) is 12.1 Å². The van der Waals surface area contributed by atoms with E-state index in [9.17, 15) is 9.90 Å². The highest BCUT2D eigenvalue weighted by atomic mass is 16.4. The number of carbonyl (C=O) groups is 1. The number of nitrogens with one attached hydrogen (secondary N) is 1. The fourth-order valence-corrected chi connectivity index (χ4v) is 2.75. The van der Waals surface area contributed by atoms with E-state index in [1.54, 1.807) is 24.3 Å². The summed E-state index contributed by atoms with van der Waals surface area (Å²) in [6.45, 7) is 0. The monoisotopic (exact) mass is 414 g/mol. The number of rotatable bonds is 5. The topological polar surface area (TPSA) is 93.0 Å². The molecule has 4 N–H and O–H groups in total. The Balaban J connectivity index is 0.000000229. The number of hydrazine groups is 1. The Morgan fingerprint density at radius 1 is 0.645 bits per heavy atom. The molecule has 0 saturated carbocycles. The first-order valence-corrected chi connectivity index (χ1v) is 9.52. The van der Waals surface area contributed by atoms with Crippen molar-refractivity contribution >= 4 is 23.0 Å². The van der Waals surface area contributed by atoms with Crippen LogP contribution in [-0.2, 0) is 0 Å². The predicted octanol–water partition coefficient (Wildman–Crippen LogP) is 5.65. The van der Waals surface area contributed by atoms with Crippen molar-refractivity contribution in [3.8, 4) is 11.5 Å². The summed E-state index contributed by atoms with van der Waals surface area (Å²) in [5.74, 6) is -1.06. The number of anilines is 3. The molecule has 0 aliphatic carbocycles. The lowest BCUT2D eigenvalue weighted by molar-refractivity contribution is 0.0693. The van der Waals surface area contributed by atoms with Gasteiger partial charge in [-0.2, -0.15) is 0 Å². The number of hydrogen-bond acceptors (Lipinski definition) is 5. The summed E-state index contributed by atoms with van der Waals surface area (Å²) in [6, 6.07) is 33.0. The Kier molecular flexibility index (Phi) is 7.11. The molecule has 0 aromatic heterocycles. The molecule has 0 atom stereocenters. The number of aromatic carboxylic acids is 1. The number of aromatic hydroxyl groups is 2. The predicted molar refractivity (Wildman–Crippen MR) is 122 cm³/mol. The number of hydrogen-bond donors (Lipinski definition) is 4. The minimum Gasteiger partial charge on any atom is -0.508 e. The van der Waals surface area contributed by atoms with Crippen LogP contribution in [-0.4, -0.2) is 21.3 Å². The van der Waals surface area contributed by atoms with Gasteiger partial charge >= 0.3 is 5.97 Å². The zero-order valence-corrected chi connectivity index (χ0v) is 16.6. The molecule has 0 unspecified atom stereocenters. The molecular formula is C25H22N2O4. The van der Waals surface area contributed by atoms with Crippen molar-refractivity contribution in [3.05, 3.63) is 115 Å². The molecular weight excluding hydrogens is 392 g/mol. The van der Waals surface area contributed by atoms with E-state index in [2.05, 4.69) is 5.43 Å². The smallest absolute Gasteiger partial charge is 0.339 e. The number of benzene rings is 4. The highest BCUT2D eigenvalue weighted by Gasteiger charge is 2.08. The third-order valence-corrected chi connectivity index (χ3v) is 4.27. The van der Waals surface area contributed by atoms with Crippen molar-refractivity contribution in [2.45, 2.75) is 0 Å². The van der Waals surface area contributed by atoms with Gasteiger partial charge in [-0.1, -0.05) is 48.5 Å². The van der Waals surface area contributed by atoms with E-state index in [-0.39, 0.29) is 17.1 Å². The number of phenolic OH excluding ortho intramolecular Hbond substituents is 1. The van der Waals surface area contributed by atoms with Gasteiger partial charge in [-0.05, 0) is 60.7 Å². The fraction of sp³-hybridized carbons (Fsp3) is 0. The van der Waals surface area contributed by atoms with Gasteiger partial charge in [0.15, 0.2) is 0 Å². The Bertz CT molecular complexity index is 1060. The van der Waals surface area contributed by atoms with Crippen LogP contribution in [0.25, 0.3) is 0 Å². The molecule has 0 saturated heterocycles. The van der Waals surface area contributed by atoms with Crippen molar-refractivity contribution in [1.29, 1.82) is 0 Å². The maximum Gasteiger partial charge on any atom is 0.339 e. The van der Waals surface area contributed by atoms with Gasteiger partial charge in [-0.15, -0.1) is 0 Å². The van der Waals surface area contributed by atoms with Crippen molar-refractivity contribution in [1.82, 2.24) is 0 Å². The van der Waals surface area contributed by atoms with Crippen LogP contribution in [0.3, 0.4) is 0 Å². The van der Waals surface area contributed by atoms with Crippen LogP contribution in [0, 0.1) is 0 Å². The van der Waals surface area contributed by atoms with Crippen molar-refractivity contribution in [3.63, 3.8) is 0 Å². The highest BCUT2D eigenvalue weighted by Crippen LogP contribution is 2.26. The van der Waals surface area contributed by atoms with Gasteiger partial charge in [0.2, 0.25) is 0 Å². The van der Waals surface area contributed by atoms with Crippen molar-refractivity contribution < 1.29 is 20.1 Å². The zero-order valence-electron chi connectivity index (χ0n) is 16.6. The van der Waals surface area contributed by atoms with Crippen LogP contribution >= 0.6 is 0 Å². The molecule has 0 fully saturated rings. The summed E-state index contributed by atoms with van der Waals surface area (Å²) in [6.07, 6.45) is 0. The molecule has 156 valence electrons. The molecule has 31 heavy (non-hydrogen) atoms. The van der Waals surface area contributed by atoms with E-state index in [0.717, 1.165) is 17.1 Å². The van der Waals surface area contributed by atoms with Gasteiger partial charge in [0, 0.05) is 0 Å². The second-order valence-electron chi connectivity index (χ2n) is 6.49. The van der Waals surface area contributed by atoms with Gasteiger partial charge < -0.3 is 15.3 Å². The maximum absolute atomic E-state index is 10.3. The van der Waals surface area contributed by atoms with E-state index in [4.69, 9.17) is 10.2 Å². The molecule has 4 aromatic rings. The Morgan fingerprint density at radius 2 is 1.13 bits per heavy atom. The highest BCUT2D eigenvalue weighted by molar-refractivity contribution is 5.90. The van der Waals surface area contributed by atoms with E-state index in [1.807, 2.05) is 77.8 Å². The molecule has 0 bridgehead atoms. The average Bonchev–Trinajstić information content (AvgIpc) is 2.80. The number of para-hydroxylation sites is 3. The minimum atomic E-state index is -1.11. The third kappa shape index (κ3) is 6.01. The first-order chi connectivity index (χ1) is 15.0. The van der Waals surface area contributed by atoms with Crippen LogP contribution < -0.4 is 10.4 Å². The quantitative estimate of drug-likeness (QED) is 0.249. The number of carboxylic acid groups (broad SMARTS) is 1. The third-order valence-electron chi connectivity index (χ3n) is 4.27. The van der Waals surface area contributed by atoms with Crippen molar-refractivity contribution in [2.24, 2.45) is 0 Å². The first-order valence-electron chi connectivity index (χ1n) is 9.52. The fourth-order valence-electron chi connectivity index (χ4n) is 2.75. The maximum atomic E-state index is 10.3. The lowest BCUT2D eigenvalue weighted by Gasteiger charge is -2.26. The van der Waals surface area contributed by atoms with E-state index in [0.29, 0.717) is 0 Å². The SMILES string of the molecule is O=C(O)c1ccccc1O.Oc1ccc(NN(c2ccccc2)c2ccccc2)cc1. The molecule has 0 radical (unpaired) electrons. The average molecular weight is 414 g/mol. The van der Waals surface area contributed by atoms with Gasteiger partial charge in [-0.25, -0.2) is 4.79 Å². The normalized spacial score (nSPS) is 9.81. The molecule has 4 aromatic carbocycles. The summed E-state index contributed by atoms with van der Waals surface area (Å²) < 4.78 is 0.